The van der Waals surface area contributed by atoms with E-state index in [0.717, 1.165) is 10.6 Å². The largest absolute Gasteiger partial charge is 0.495 e. The van der Waals surface area contributed by atoms with E-state index >= 15 is 0 Å². The van der Waals surface area contributed by atoms with Gasteiger partial charge in [0, 0.05) is 9.50 Å². The monoisotopic (exact) mass is 490 g/mol. The molecule has 1 saturated heterocycles. The van der Waals surface area contributed by atoms with Crippen LogP contribution in [-0.4, -0.2) is 32.2 Å². The minimum atomic E-state index is -4.07. The van der Waals surface area contributed by atoms with Gasteiger partial charge < -0.3 is 4.74 Å². The molecule has 27 heavy (non-hydrogen) atoms. The van der Waals surface area contributed by atoms with Gasteiger partial charge in [-0.05, 0) is 42.8 Å². The molecule has 144 valence electrons. The van der Waals surface area contributed by atoms with Gasteiger partial charge in [-0.2, -0.15) is 0 Å². The molecule has 2 aromatic rings. The number of carbonyl (C=O) groups is 1. The number of benzene rings is 2. The molecule has 1 atom stereocenters. The van der Waals surface area contributed by atoms with E-state index in [1.54, 1.807) is 37.3 Å². The van der Waals surface area contributed by atoms with Crippen molar-refractivity contribution in [2.75, 3.05) is 12.9 Å². The maximum atomic E-state index is 13.0. The van der Waals surface area contributed by atoms with Crippen molar-refractivity contribution in [3.63, 3.8) is 0 Å². The van der Waals surface area contributed by atoms with E-state index in [-0.39, 0.29) is 22.3 Å². The molecule has 6 nitrogen and oxygen atoms in total. The summed E-state index contributed by atoms with van der Waals surface area (Å²) in [6.07, 6.45) is 0. The van der Waals surface area contributed by atoms with Gasteiger partial charge in [-0.1, -0.05) is 39.7 Å². The van der Waals surface area contributed by atoms with E-state index in [2.05, 4.69) is 20.8 Å². The first kappa shape index (κ1) is 20.5. The third-order valence-electron chi connectivity index (χ3n) is 4.16. The van der Waals surface area contributed by atoms with Crippen LogP contribution in [-0.2, 0) is 19.7 Å². The molecule has 1 aliphatic rings. The van der Waals surface area contributed by atoms with Gasteiger partial charge in [-0.25, -0.2) is 13.4 Å². The quantitative estimate of drug-likeness (QED) is 0.689. The van der Waals surface area contributed by atoms with Crippen LogP contribution in [0.1, 0.15) is 12.5 Å². The third-order valence-corrected chi connectivity index (χ3v) is 7.60. The number of thioether (sulfide) groups is 1. The molecule has 2 aromatic carbocycles. The number of hydrogen-bond donors (Lipinski definition) is 1. The predicted octanol–water partition coefficient (Wildman–Crippen LogP) is 3.75. The van der Waals surface area contributed by atoms with Gasteiger partial charge in [0.25, 0.3) is 10.0 Å². The van der Waals surface area contributed by atoms with Crippen LogP contribution in [0.5, 0.6) is 5.75 Å². The lowest BCUT2D eigenvalue weighted by Gasteiger charge is -2.34. The number of methoxy groups -OCH3 is 1. The summed E-state index contributed by atoms with van der Waals surface area (Å²) in [5.74, 6) is -0.00902. The molecule has 0 aromatic heterocycles. The molecule has 1 amide bonds. The van der Waals surface area contributed by atoms with Gasteiger partial charge in [-0.3, -0.25) is 4.79 Å². The van der Waals surface area contributed by atoms with Gasteiger partial charge in [0.2, 0.25) is 5.91 Å². The predicted molar refractivity (Wildman–Crippen MR) is 109 cm³/mol. The zero-order chi connectivity index (χ0) is 19.8. The number of ether oxygens (including phenoxy) is 1. The van der Waals surface area contributed by atoms with E-state index in [1.165, 1.54) is 31.0 Å². The van der Waals surface area contributed by atoms with Gasteiger partial charge >= 0.3 is 0 Å². The van der Waals surface area contributed by atoms with E-state index in [9.17, 15) is 13.2 Å². The fraction of sp³-hybridized carbons (Fsp3) is 0.235. The molecule has 0 spiro atoms. The molecule has 1 unspecified atom stereocenters. The second-order valence-electron chi connectivity index (χ2n) is 5.90. The Kier molecular flexibility index (Phi) is 5.79. The number of sulfonamides is 1. The summed E-state index contributed by atoms with van der Waals surface area (Å²) in [6, 6.07) is 11.6. The minimum Gasteiger partial charge on any atom is -0.495 e. The van der Waals surface area contributed by atoms with Crippen LogP contribution in [0.3, 0.4) is 0 Å². The summed E-state index contributed by atoms with van der Waals surface area (Å²) in [7, 11) is -2.68. The van der Waals surface area contributed by atoms with Gasteiger partial charge in [-0.15, -0.1) is 16.6 Å². The first-order chi connectivity index (χ1) is 12.7. The smallest absolute Gasteiger partial charge is 0.261 e. The zero-order valence-corrected chi connectivity index (χ0v) is 18.4. The Bertz CT molecular complexity index is 985. The summed E-state index contributed by atoms with van der Waals surface area (Å²) < 4.78 is 31.7. The summed E-state index contributed by atoms with van der Waals surface area (Å²) in [4.78, 5) is 13.9. The number of carbonyl (C=O) groups excluding carboxylic acids is 1. The number of hydrazine groups is 1. The molecule has 3 rings (SSSR count). The third kappa shape index (κ3) is 3.97. The Morgan fingerprint density at radius 1 is 1.26 bits per heavy atom. The summed E-state index contributed by atoms with van der Waals surface area (Å²) in [5, 5.41) is 1.71. The van der Waals surface area contributed by atoms with Crippen LogP contribution in [0.25, 0.3) is 0 Å². The molecule has 0 aliphatic carbocycles. The second-order valence-corrected chi connectivity index (χ2v) is 10.3. The van der Waals surface area contributed by atoms with E-state index in [4.69, 9.17) is 16.3 Å². The highest BCUT2D eigenvalue weighted by Crippen LogP contribution is 2.44. The highest BCUT2D eigenvalue weighted by molar-refractivity contribution is 9.10. The van der Waals surface area contributed by atoms with Crippen molar-refractivity contribution in [1.29, 1.82) is 0 Å². The highest BCUT2D eigenvalue weighted by atomic mass is 79.9. The Balaban J connectivity index is 2.00. The highest BCUT2D eigenvalue weighted by Gasteiger charge is 2.46. The number of nitrogens with one attached hydrogen (secondary N) is 1. The number of rotatable bonds is 5. The molecule has 10 heteroatoms. The Morgan fingerprint density at radius 3 is 2.56 bits per heavy atom. The maximum Gasteiger partial charge on any atom is 0.261 e. The first-order valence-electron chi connectivity index (χ1n) is 7.76. The van der Waals surface area contributed by atoms with Crippen molar-refractivity contribution < 1.29 is 17.9 Å². The van der Waals surface area contributed by atoms with Crippen molar-refractivity contribution >= 4 is 55.2 Å². The Labute approximate surface area is 175 Å². The molecule has 1 N–H and O–H groups in total. The van der Waals surface area contributed by atoms with E-state index < -0.39 is 14.9 Å². The normalized spacial score (nSPS) is 20.1. The van der Waals surface area contributed by atoms with Crippen LogP contribution in [0.2, 0.25) is 5.02 Å². The van der Waals surface area contributed by atoms with Crippen LogP contribution >= 0.6 is 39.3 Å². The lowest BCUT2D eigenvalue weighted by atomic mass is 10.1. The number of amides is 1. The van der Waals surface area contributed by atoms with E-state index in [1.807, 2.05) is 0 Å². The van der Waals surface area contributed by atoms with Gasteiger partial charge in [0.1, 0.15) is 15.5 Å². The fourth-order valence-corrected chi connectivity index (χ4v) is 5.84. The number of hydrogen-bond acceptors (Lipinski definition) is 5. The minimum absolute atomic E-state index is 0.0671. The van der Waals surface area contributed by atoms with Crippen LogP contribution in [0.4, 0.5) is 0 Å². The Morgan fingerprint density at radius 2 is 1.93 bits per heavy atom. The molecular formula is C17H16BrClN2O4S2. The standard InChI is InChI=1S/C17H16BrClN2O4S2/c1-17(11-3-6-13(19)7-4-11)21(16(22)10-26-17)20-27(23,24)15-9-12(18)5-8-14(15)25-2/h3-9,20H,10H2,1-2H3. The summed E-state index contributed by atoms with van der Waals surface area (Å²) in [6.45, 7) is 1.78. The molecule has 1 heterocycles. The van der Waals surface area contributed by atoms with Crippen LogP contribution < -0.4 is 9.57 Å². The van der Waals surface area contributed by atoms with Crippen molar-refractivity contribution in [2.45, 2.75) is 16.7 Å². The molecular weight excluding hydrogens is 476 g/mol. The van der Waals surface area contributed by atoms with Gasteiger partial charge in [0.05, 0.1) is 12.9 Å². The van der Waals surface area contributed by atoms with E-state index in [0.29, 0.717) is 9.50 Å². The summed E-state index contributed by atoms with van der Waals surface area (Å²) >= 11 is 10.5. The SMILES string of the molecule is COc1ccc(Br)cc1S(=O)(=O)NN1C(=O)CSC1(C)c1ccc(Cl)cc1. The lowest BCUT2D eigenvalue weighted by Crippen LogP contribution is -2.51. The topological polar surface area (TPSA) is 75.7 Å². The molecule has 1 fully saturated rings. The first-order valence-corrected chi connectivity index (χ1v) is 11.4. The lowest BCUT2D eigenvalue weighted by molar-refractivity contribution is -0.131. The fourth-order valence-electron chi connectivity index (χ4n) is 2.71. The number of halogens is 2. The molecule has 1 aliphatic heterocycles. The van der Waals surface area contributed by atoms with Gasteiger partial charge in [0.15, 0.2) is 0 Å². The average molecular weight is 492 g/mol. The molecule has 0 saturated carbocycles. The zero-order valence-electron chi connectivity index (χ0n) is 14.4. The average Bonchev–Trinajstić information content (AvgIpc) is 2.91. The van der Waals surface area contributed by atoms with Crippen molar-refractivity contribution in [2.24, 2.45) is 0 Å². The second kappa shape index (κ2) is 7.63. The van der Waals surface area contributed by atoms with Crippen molar-refractivity contribution in [3.8, 4) is 5.75 Å². The van der Waals surface area contributed by atoms with Crippen LogP contribution in [0.15, 0.2) is 51.8 Å². The van der Waals surface area contributed by atoms with Crippen molar-refractivity contribution in [1.82, 2.24) is 9.84 Å². The molecule has 0 radical (unpaired) electrons. The van der Waals surface area contributed by atoms with Crippen LogP contribution in [0, 0.1) is 0 Å². The molecule has 0 bridgehead atoms. The summed E-state index contributed by atoms with van der Waals surface area (Å²) in [5.41, 5.74) is 0.756. The van der Waals surface area contributed by atoms with Crippen molar-refractivity contribution in [3.05, 3.63) is 57.5 Å². The number of nitrogens with zero attached hydrogens (tertiary/aromatic N) is 1. The Hall–Kier alpha value is -1.26. The maximum absolute atomic E-state index is 13.0.